The van der Waals surface area contributed by atoms with Gasteiger partial charge in [-0.3, -0.25) is 10.3 Å². The van der Waals surface area contributed by atoms with Gasteiger partial charge in [0.25, 0.3) is 0 Å². The van der Waals surface area contributed by atoms with E-state index >= 15 is 0 Å². The third-order valence-electron chi connectivity index (χ3n) is 3.41. The van der Waals surface area contributed by atoms with E-state index in [0.29, 0.717) is 12.3 Å². The first-order valence-electron chi connectivity index (χ1n) is 6.55. The number of piperazine rings is 1. The average molecular weight is 246 g/mol. The fraction of sp³-hybridized carbons (Fsp3) is 0.500. The lowest BCUT2D eigenvalue weighted by atomic mass is 10.2. The standard InChI is InChI=1S/C14H22N4/c15-14(16)6-7-17-8-10-18(11-9-17)12-13-4-2-1-3-5-13/h1-5H,6-12H2,(H3,15,16). The highest BCUT2D eigenvalue weighted by atomic mass is 15.3. The van der Waals surface area contributed by atoms with E-state index < -0.39 is 0 Å². The minimum atomic E-state index is 0.293. The van der Waals surface area contributed by atoms with E-state index in [2.05, 4.69) is 40.1 Å². The van der Waals surface area contributed by atoms with Crippen LogP contribution in [-0.4, -0.2) is 48.4 Å². The van der Waals surface area contributed by atoms with Crippen molar-refractivity contribution in [2.45, 2.75) is 13.0 Å². The van der Waals surface area contributed by atoms with Crippen LogP contribution in [0.1, 0.15) is 12.0 Å². The molecule has 1 heterocycles. The number of nitrogens with zero attached hydrogens (tertiary/aromatic N) is 2. The highest BCUT2D eigenvalue weighted by molar-refractivity contribution is 5.76. The SMILES string of the molecule is N=C(N)CCN1CCN(Cc2ccccc2)CC1. The third kappa shape index (κ3) is 4.13. The fourth-order valence-electron chi connectivity index (χ4n) is 2.29. The van der Waals surface area contributed by atoms with Gasteiger partial charge in [-0.15, -0.1) is 0 Å². The number of nitrogens with one attached hydrogen (secondary N) is 1. The molecule has 1 saturated heterocycles. The Morgan fingerprint density at radius 2 is 1.67 bits per heavy atom. The van der Waals surface area contributed by atoms with E-state index in [1.54, 1.807) is 0 Å². The lowest BCUT2D eigenvalue weighted by Gasteiger charge is -2.34. The molecule has 1 aromatic carbocycles. The fourth-order valence-corrected chi connectivity index (χ4v) is 2.29. The van der Waals surface area contributed by atoms with E-state index in [1.165, 1.54) is 5.56 Å². The predicted molar refractivity (Wildman–Crippen MR) is 74.7 cm³/mol. The zero-order valence-corrected chi connectivity index (χ0v) is 10.8. The molecule has 0 radical (unpaired) electrons. The number of hydrogen-bond acceptors (Lipinski definition) is 3. The Morgan fingerprint density at radius 1 is 1.06 bits per heavy atom. The van der Waals surface area contributed by atoms with Crippen LogP contribution in [0.2, 0.25) is 0 Å². The van der Waals surface area contributed by atoms with Crippen LogP contribution in [0.25, 0.3) is 0 Å². The molecule has 0 spiro atoms. The summed E-state index contributed by atoms with van der Waals surface area (Å²) in [7, 11) is 0. The molecular formula is C14H22N4. The molecule has 4 heteroatoms. The monoisotopic (exact) mass is 246 g/mol. The maximum atomic E-state index is 7.24. The van der Waals surface area contributed by atoms with E-state index in [9.17, 15) is 0 Å². The van der Waals surface area contributed by atoms with Gasteiger partial charge in [-0.2, -0.15) is 0 Å². The summed E-state index contributed by atoms with van der Waals surface area (Å²) in [4.78, 5) is 4.88. The molecule has 0 aliphatic carbocycles. The van der Waals surface area contributed by atoms with Gasteiger partial charge in [0.1, 0.15) is 0 Å². The van der Waals surface area contributed by atoms with Crippen molar-refractivity contribution in [2.75, 3.05) is 32.7 Å². The van der Waals surface area contributed by atoms with Crippen molar-refractivity contribution < 1.29 is 0 Å². The van der Waals surface area contributed by atoms with E-state index in [1.807, 2.05) is 0 Å². The second-order valence-corrected chi connectivity index (χ2v) is 4.88. The zero-order chi connectivity index (χ0) is 12.8. The Balaban J connectivity index is 1.72. The van der Waals surface area contributed by atoms with Crippen molar-refractivity contribution in [3.8, 4) is 0 Å². The van der Waals surface area contributed by atoms with Gasteiger partial charge in [0.05, 0.1) is 5.84 Å². The maximum absolute atomic E-state index is 7.24. The summed E-state index contributed by atoms with van der Waals surface area (Å²) >= 11 is 0. The molecule has 1 aliphatic rings. The largest absolute Gasteiger partial charge is 0.388 e. The number of benzene rings is 1. The van der Waals surface area contributed by atoms with E-state index in [-0.39, 0.29) is 0 Å². The Bertz CT molecular complexity index is 369. The molecule has 1 aliphatic heterocycles. The van der Waals surface area contributed by atoms with Crippen LogP contribution in [-0.2, 0) is 6.54 Å². The van der Waals surface area contributed by atoms with Crippen molar-refractivity contribution >= 4 is 5.84 Å². The summed E-state index contributed by atoms with van der Waals surface area (Å²) in [5.41, 5.74) is 6.77. The minimum absolute atomic E-state index is 0.293. The maximum Gasteiger partial charge on any atom is 0.0918 e. The van der Waals surface area contributed by atoms with Crippen LogP contribution in [0, 0.1) is 5.41 Å². The molecule has 3 N–H and O–H groups in total. The molecule has 0 saturated carbocycles. The lowest BCUT2D eigenvalue weighted by molar-refractivity contribution is 0.129. The van der Waals surface area contributed by atoms with Gasteiger partial charge in [0, 0.05) is 45.7 Å². The third-order valence-corrected chi connectivity index (χ3v) is 3.41. The molecule has 0 bridgehead atoms. The number of amidine groups is 1. The Kier molecular flexibility index (Phi) is 4.73. The number of hydrogen-bond donors (Lipinski definition) is 2. The summed E-state index contributed by atoms with van der Waals surface area (Å²) in [6, 6.07) is 10.6. The summed E-state index contributed by atoms with van der Waals surface area (Å²) in [5, 5.41) is 7.24. The Morgan fingerprint density at radius 3 is 2.28 bits per heavy atom. The van der Waals surface area contributed by atoms with Crippen molar-refractivity contribution in [3.63, 3.8) is 0 Å². The Labute approximate surface area is 109 Å². The average Bonchev–Trinajstić information content (AvgIpc) is 2.39. The van der Waals surface area contributed by atoms with Crippen LogP contribution in [0.4, 0.5) is 0 Å². The van der Waals surface area contributed by atoms with Crippen LogP contribution >= 0.6 is 0 Å². The lowest BCUT2D eigenvalue weighted by Crippen LogP contribution is -2.46. The first-order valence-corrected chi connectivity index (χ1v) is 6.55. The van der Waals surface area contributed by atoms with Gasteiger partial charge >= 0.3 is 0 Å². The van der Waals surface area contributed by atoms with E-state index in [0.717, 1.165) is 39.3 Å². The summed E-state index contributed by atoms with van der Waals surface area (Å²) in [5.74, 6) is 0.293. The molecule has 0 aromatic heterocycles. The van der Waals surface area contributed by atoms with Crippen molar-refractivity contribution in [3.05, 3.63) is 35.9 Å². The van der Waals surface area contributed by atoms with Gasteiger partial charge < -0.3 is 10.6 Å². The molecule has 18 heavy (non-hydrogen) atoms. The second kappa shape index (κ2) is 6.52. The first kappa shape index (κ1) is 13.1. The highest BCUT2D eigenvalue weighted by Gasteiger charge is 2.16. The van der Waals surface area contributed by atoms with Crippen LogP contribution in [0.15, 0.2) is 30.3 Å². The van der Waals surface area contributed by atoms with E-state index in [4.69, 9.17) is 11.1 Å². The van der Waals surface area contributed by atoms with Crippen LogP contribution < -0.4 is 5.73 Å². The number of rotatable bonds is 5. The summed E-state index contributed by atoms with van der Waals surface area (Å²) in [6.07, 6.45) is 0.693. The van der Waals surface area contributed by atoms with Crippen molar-refractivity contribution in [1.29, 1.82) is 5.41 Å². The van der Waals surface area contributed by atoms with Crippen molar-refractivity contribution in [2.24, 2.45) is 5.73 Å². The molecule has 1 fully saturated rings. The minimum Gasteiger partial charge on any atom is -0.388 e. The van der Waals surface area contributed by atoms with Crippen molar-refractivity contribution in [1.82, 2.24) is 9.80 Å². The Hall–Kier alpha value is -1.39. The van der Waals surface area contributed by atoms with Gasteiger partial charge in [0.15, 0.2) is 0 Å². The zero-order valence-electron chi connectivity index (χ0n) is 10.8. The topological polar surface area (TPSA) is 56.4 Å². The van der Waals surface area contributed by atoms with Gasteiger partial charge in [-0.25, -0.2) is 0 Å². The molecule has 2 rings (SSSR count). The molecule has 0 atom stereocenters. The normalized spacial score (nSPS) is 17.8. The quantitative estimate of drug-likeness (QED) is 0.605. The molecular weight excluding hydrogens is 224 g/mol. The molecule has 98 valence electrons. The summed E-state index contributed by atoms with van der Waals surface area (Å²) < 4.78 is 0. The molecule has 0 amide bonds. The van der Waals surface area contributed by atoms with Gasteiger partial charge in [0.2, 0.25) is 0 Å². The summed E-state index contributed by atoms with van der Waals surface area (Å²) in [6.45, 7) is 6.34. The smallest absolute Gasteiger partial charge is 0.0918 e. The first-order chi connectivity index (χ1) is 8.74. The second-order valence-electron chi connectivity index (χ2n) is 4.88. The van der Waals surface area contributed by atoms with Gasteiger partial charge in [-0.1, -0.05) is 30.3 Å². The molecule has 4 nitrogen and oxygen atoms in total. The highest BCUT2D eigenvalue weighted by Crippen LogP contribution is 2.08. The molecule has 1 aromatic rings. The number of nitrogens with two attached hydrogens (primary N) is 1. The van der Waals surface area contributed by atoms with Gasteiger partial charge in [-0.05, 0) is 5.56 Å². The predicted octanol–water partition coefficient (Wildman–Crippen LogP) is 1.13. The molecule has 0 unspecified atom stereocenters. The van der Waals surface area contributed by atoms with Crippen LogP contribution in [0.5, 0.6) is 0 Å². The van der Waals surface area contributed by atoms with Crippen LogP contribution in [0.3, 0.4) is 0 Å².